The van der Waals surface area contributed by atoms with Gasteiger partial charge >= 0.3 is 5.97 Å². The molecule has 2 fully saturated rings. The number of nitrogens with zero attached hydrogens (tertiary/aromatic N) is 1. The molecule has 0 radical (unpaired) electrons. The number of unbranched alkanes of at least 4 members (excludes halogenated alkanes) is 6. The monoisotopic (exact) mass is 1070 g/mol. The Labute approximate surface area is 441 Å². The lowest BCUT2D eigenvalue weighted by Gasteiger charge is -2.30. The van der Waals surface area contributed by atoms with Gasteiger partial charge in [0.15, 0.2) is 0 Å². The number of hydrogen-bond acceptors (Lipinski definition) is 17. The molecule has 0 unspecified atom stereocenters. The molecular weight excluding hydrogens is 975 g/mol. The zero-order chi connectivity index (χ0) is 55.5. The van der Waals surface area contributed by atoms with Gasteiger partial charge in [-0.25, -0.2) is 4.79 Å². The average Bonchev–Trinajstić information content (AvgIpc) is 4.13. The van der Waals surface area contributed by atoms with Gasteiger partial charge in [0.25, 0.3) is 0 Å². The number of aliphatic hydroxyl groups is 1. The van der Waals surface area contributed by atoms with E-state index in [4.69, 9.17) is 34.4 Å². The zero-order valence-corrected chi connectivity index (χ0v) is 44.1. The predicted octanol–water partition coefficient (Wildman–Crippen LogP) is -4.03. The molecule has 0 saturated carbocycles. The standard InChI is InChI=1S/C49H93N15O11/c50-23-7-1-15-33(57-43(68)34(16-2-8-24-51)59-45(70)36(18-4-10-26-53)61-47(72)39(31-65)63-41(66)32-21-13-29-56-32)42(67)58-35(17-3-9-25-52)44(69)60-37(19-5-11-27-54)46(71)62-38(20-6-12-28-55)48(73)64-30-14-22-40(64)49(74)75/h32-40,56,65H,1-31,50-55H2,(H,57,68)(H,58,67)(H,59,70)(H,60,69)(H,61,72)(H,62,71)(H,63,66)(H,74,75)/t32-,33-,34-,35-,36-,37-,38-,39-,40-/m0/s1. The maximum atomic E-state index is 14.4. The number of carboxylic acids is 1. The molecule has 0 aromatic carbocycles. The molecule has 2 rings (SSSR count). The summed E-state index contributed by atoms with van der Waals surface area (Å²) in [6.07, 6.45) is 8.23. The first kappa shape index (κ1) is 66.0. The number of carbonyl (C=O) groups is 9. The summed E-state index contributed by atoms with van der Waals surface area (Å²) in [7, 11) is 0. The second kappa shape index (κ2) is 38.5. The molecule has 2 aliphatic heterocycles. The number of amides is 8. The van der Waals surface area contributed by atoms with Gasteiger partial charge in [0, 0.05) is 6.54 Å². The molecule has 2 heterocycles. The van der Waals surface area contributed by atoms with Crippen LogP contribution < -0.4 is 76.9 Å². The van der Waals surface area contributed by atoms with E-state index in [1.54, 1.807) is 0 Å². The number of likely N-dealkylation sites (tertiary alicyclic amines) is 1. The van der Waals surface area contributed by atoms with E-state index in [1.165, 1.54) is 4.90 Å². The van der Waals surface area contributed by atoms with E-state index in [0.717, 1.165) is 6.42 Å². The lowest BCUT2D eigenvalue weighted by Crippen LogP contribution is -2.60. The SMILES string of the molecule is NCCCC[C@H](NC(=O)[C@H](CO)NC(=O)[C@@H]1CCCN1)C(=O)N[C@@H](CCCCN)C(=O)N[C@@H](CCCCN)C(=O)N[C@@H](CCCCN)C(=O)N[C@@H](CCCCN)C(=O)N[C@@H](CCCCN)C(=O)N1CCC[C@H]1C(=O)O. The summed E-state index contributed by atoms with van der Waals surface area (Å²) in [5, 5.41) is 41.9. The number of hydrogen-bond donors (Lipinski definition) is 16. The number of rotatable bonds is 41. The molecule has 26 nitrogen and oxygen atoms in total. The predicted molar refractivity (Wildman–Crippen MR) is 281 cm³/mol. The van der Waals surface area contributed by atoms with Crippen molar-refractivity contribution in [2.45, 2.75) is 196 Å². The fraction of sp³-hybridized carbons (Fsp3) is 0.816. The highest BCUT2D eigenvalue weighted by Gasteiger charge is 2.39. The minimum absolute atomic E-state index is 0.0846. The van der Waals surface area contributed by atoms with Crippen LogP contribution in [0.25, 0.3) is 0 Å². The summed E-state index contributed by atoms with van der Waals surface area (Å²) in [4.78, 5) is 125. The van der Waals surface area contributed by atoms with Crippen molar-refractivity contribution in [1.29, 1.82) is 0 Å². The summed E-state index contributed by atoms with van der Waals surface area (Å²) < 4.78 is 0. The van der Waals surface area contributed by atoms with E-state index >= 15 is 0 Å². The third-order valence-corrected chi connectivity index (χ3v) is 13.5. The highest BCUT2D eigenvalue weighted by molar-refractivity contribution is 5.98. The van der Waals surface area contributed by atoms with Crippen molar-refractivity contribution in [3.63, 3.8) is 0 Å². The lowest BCUT2D eigenvalue weighted by molar-refractivity contribution is -0.149. The van der Waals surface area contributed by atoms with Gasteiger partial charge in [-0.2, -0.15) is 0 Å². The summed E-state index contributed by atoms with van der Waals surface area (Å²) in [6.45, 7) is 1.90. The highest BCUT2D eigenvalue weighted by Crippen LogP contribution is 2.20. The Morgan fingerprint density at radius 2 is 0.760 bits per heavy atom. The Morgan fingerprint density at radius 1 is 0.440 bits per heavy atom. The molecule has 0 spiro atoms. The number of aliphatic carboxylic acids is 1. The average molecular weight is 1070 g/mol. The summed E-state index contributed by atoms with van der Waals surface area (Å²) in [5.41, 5.74) is 34.6. The summed E-state index contributed by atoms with van der Waals surface area (Å²) >= 11 is 0. The molecule has 430 valence electrons. The van der Waals surface area contributed by atoms with Crippen molar-refractivity contribution in [1.82, 2.24) is 47.4 Å². The molecule has 22 N–H and O–H groups in total. The number of aliphatic hydroxyl groups excluding tert-OH is 1. The van der Waals surface area contributed by atoms with E-state index in [9.17, 15) is 53.4 Å². The Kier molecular flexibility index (Phi) is 33.8. The van der Waals surface area contributed by atoms with E-state index in [1.807, 2.05) is 0 Å². The van der Waals surface area contributed by atoms with Crippen LogP contribution >= 0.6 is 0 Å². The van der Waals surface area contributed by atoms with Crippen LogP contribution in [0.3, 0.4) is 0 Å². The van der Waals surface area contributed by atoms with Gasteiger partial charge in [0.05, 0.1) is 12.6 Å². The van der Waals surface area contributed by atoms with E-state index < -0.39 is 114 Å². The van der Waals surface area contributed by atoms with Crippen molar-refractivity contribution in [3.05, 3.63) is 0 Å². The van der Waals surface area contributed by atoms with E-state index in [-0.39, 0.29) is 71.1 Å². The zero-order valence-electron chi connectivity index (χ0n) is 44.1. The van der Waals surface area contributed by atoms with Crippen LogP contribution in [0.4, 0.5) is 0 Å². The van der Waals surface area contributed by atoms with Crippen molar-refractivity contribution < 1.29 is 53.4 Å². The number of carbonyl (C=O) groups excluding carboxylic acids is 8. The molecule has 9 atom stereocenters. The number of nitrogens with one attached hydrogen (secondary N) is 8. The van der Waals surface area contributed by atoms with Gasteiger partial charge in [-0.3, -0.25) is 38.4 Å². The first-order valence-corrected chi connectivity index (χ1v) is 27.3. The molecule has 0 aromatic heterocycles. The van der Waals surface area contributed by atoms with E-state index in [2.05, 4.69) is 42.5 Å². The molecule has 26 heteroatoms. The minimum Gasteiger partial charge on any atom is -0.480 e. The summed E-state index contributed by atoms with van der Waals surface area (Å²) in [6, 6.07) is -10.1. The largest absolute Gasteiger partial charge is 0.480 e. The van der Waals surface area contributed by atoms with Crippen LogP contribution in [0.2, 0.25) is 0 Å². The molecule has 2 aliphatic rings. The topological polar surface area (TPSA) is 450 Å². The second-order valence-electron chi connectivity index (χ2n) is 19.5. The normalized spacial score (nSPS) is 18.1. The molecule has 0 bridgehead atoms. The van der Waals surface area contributed by atoms with Crippen molar-refractivity contribution in [2.24, 2.45) is 34.4 Å². The Hall–Kier alpha value is -5.09. The fourth-order valence-corrected chi connectivity index (χ4v) is 9.05. The fourth-order valence-electron chi connectivity index (χ4n) is 9.05. The lowest BCUT2D eigenvalue weighted by atomic mass is 10.0. The molecule has 75 heavy (non-hydrogen) atoms. The van der Waals surface area contributed by atoms with Gasteiger partial charge in [-0.05, 0) is 187 Å². The maximum Gasteiger partial charge on any atom is 0.326 e. The smallest absolute Gasteiger partial charge is 0.326 e. The maximum absolute atomic E-state index is 14.4. The molecule has 0 aliphatic carbocycles. The Morgan fingerprint density at radius 3 is 1.05 bits per heavy atom. The van der Waals surface area contributed by atoms with Crippen LogP contribution in [0.1, 0.15) is 141 Å². The van der Waals surface area contributed by atoms with Crippen molar-refractivity contribution in [2.75, 3.05) is 59.0 Å². The second-order valence-corrected chi connectivity index (χ2v) is 19.5. The Bertz CT molecular complexity index is 1760. The van der Waals surface area contributed by atoms with Gasteiger partial charge < -0.3 is 92.0 Å². The Balaban J connectivity index is 2.41. The van der Waals surface area contributed by atoms with Crippen molar-refractivity contribution in [3.8, 4) is 0 Å². The third kappa shape index (κ3) is 24.6. The van der Waals surface area contributed by atoms with Gasteiger partial charge in [0.2, 0.25) is 47.3 Å². The quantitative estimate of drug-likeness (QED) is 0.0259. The van der Waals surface area contributed by atoms with Gasteiger partial charge in [-0.1, -0.05) is 0 Å². The molecular formula is C49H93N15O11. The number of carboxylic acid groups (broad SMARTS) is 1. The number of nitrogens with two attached hydrogens (primary N) is 6. The van der Waals surface area contributed by atoms with Crippen LogP contribution in [-0.4, -0.2) is 182 Å². The molecule has 0 aromatic rings. The van der Waals surface area contributed by atoms with Crippen LogP contribution in [0, 0.1) is 0 Å². The highest BCUT2D eigenvalue weighted by atomic mass is 16.4. The van der Waals surface area contributed by atoms with E-state index in [0.29, 0.717) is 116 Å². The van der Waals surface area contributed by atoms with Gasteiger partial charge in [-0.15, -0.1) is 0 Å². The van der Waals surface area contributed by atoms with Crippen LogP contribution in [-0.2, 0) is 43.2 Å². The van der Waals surface area contributed by atoms with Crippen molar-refractivity contribution >= 4 is 53.2 Å². The first-order chi connectivity index (χ1) is 36.1. The van der Waals surface area contributed by atoms with Gasteiger partial charge in [0.1, 0.15) is 48.3 Å². The molecule has 8 amide bonds. The minimum atomic E-state index is -1.36. The third-order valence-electron chi connectivity index (χ3n) is 13.5. The molecule has 2 saturated heterocycles. The summed E-state index contributed by atoms with van der Waals surface area (Å²) in [5.74, 6) is -6.56. The van der Waals surface area contributed by atoms with Crippen LogP contribution in [0.5, 0.6) is 0 Å². The first-order valence-electron chi connectivity index (χ1n) is 27.3. The van der Waals surface area contributed by atoms with Crippen LogP contribution in [0.15, 0.2) is 0 Å².